The number of halogens is 3. The van der Waals surface area contributed by atoms with Gasteiger partial charge in [-0.2, -0.15) is 0 Å². The lowest BCUT2D eigenvalue weighted by Gasteiger charge is -2.02. The quantitative estimate of drug-likeness (QED) is 0.677. The minimum atomic E-state index is -1.06. The number of benzene rings is 1. The molecule has 0 amide bonds. The predicted molar refractivity (Wildman–Crippen MR) is 96.4 cm³/mol. The number of hydrogen-bond acceptors (Lipinski definition) is 5. The van der Waals surface area contributed by atoms with Gasteiger partial charge in [-0.1, -0.05) is 23.7 Å². The standard InChI is InChI=1S/C17H11ClF2N2O3S/c1-7-11-15(23)21-14(22-16(11)26-13(7)17(24)25-2)9(18)6-8-4-3-5-10(19)12(8)20/h3-6H,1-2H3,(H,21,22,23). The number of carbonyl (C=O) groups is 1. The number of esters is 1. The third kappa shape index (κ3) is 3.13. The molecule has 0 aliphatic heterocycles. The van der Waals surface area contributed by atoms with Crippen LogP contribution in [0.4, 0.5) is 8.78 Å². The molecule has 0 aliphatic carbocycles. The molecule has 0 unspecified atom stereocenters. The Bertz CT molecular complexity index is 1120. The third-order valence-corrected chi connectivity index (χ3v) is 5.12. The number of ether oxygens (including phenoxy) is 1. The van der Waals surface area contributed by atoms with E-state index in [0.29, 0.717) is 5.56 Å². The van der Waals surface area contributed by atoms with Crippen molar-refractivity contribution in [1.82, 2.24) is 9.97 Å². The van der Waals surface area contributed by atoms with Crippen LogP contribution in [-0.4, -0.2) is 23.0 Å². The Hall–Kier alpha value is -2.58. The molecule has 2 aromatic heterocycles. The Kier molecular flexibility index (Phi) is 4.88. The molecule has 0 spiro atoms. The van der Waals surface area contributed by atoms with Gasteiger partial charge in [-0.15, -0.1) is 11.3 Å². The zero-order valence-electron chi connectivity index (χ0n) is 13.5. The molecule has 3 rings (SSSR count). The summed E-state index contributed by atoms with van der Waals surface area (Å²) in [6, 6.07) is 3.65. The van der Waals surface area contributed by atoms with Gasteiger partial charge in [0.2, 0.25) is 0 Å². The summed E-state index contributed by atoms with van der Waals surface area (Å²) in [5, 5.41) is 0.166. The largest absolute Gasteiger partial charge is 0.465 e. The topological polar surface area (TPSA) is 72.0 Å². The number of nitrogens with zero attached hydrogens (tertiary/aromatic N) is 1. The SMILES string of the molecule is COC(=O)c1sc2nc(C(Cl)=Cc3cccc(F)c3F)[nH]c(=O)c2c1C. The molecule has 134 valence electrons. The van der Waals surface area contributed by atoms with Crippen molar-refractivity contribution in [3.8, 4) is 0 Å². The van der Waals surface area contributed by atoms with Gasteiger partial charge in [0.25, 0.3) is 5.56 Å². The molecule has 3 aromatic rings. The number of nitrogens with one attached hydrogen (secondary N) is 1. The molecule has 5 nitrogen and oxygen atoms in total. The second kappa shape index (κ2) is 6.97. The molecule has 0 atom stereocenters. The molecular formula is C17H11ClF2N2O3S. The summed E-state index contributed by atoms with van der Waals surface area (Å²) in [6.07, 6.45) is 1.16. The summed E-state index contributed by atoms with van der Waals surface area (Å²) in [7, 11) is 1.24. The number of aromatic amines is 1. The zero-order chi connectivity index (χ0) is 19.0. The van der Waals surface area contributed by atoms with E-state index in [2.05, 4.69) is 14.7 Å². The molecule has 0 fully saturated rings. The molecule has 2 heterocycles. The number of H-pyrrole nitrogens is 1. The average molecular weight is 397 g/mol. The molecular weight excluding hydrogens is 386 g/mol. The van der Waals surface area contributed by atoms with E-state index in [0.717, 1.165) is 23.5 Å². The van der Waals surface area contributed by atoms with E-state index >= 15 is 0 Å². The van der Waals surface area contributed by atoms with Gasteiger partial charge in [-0.05, 0) is 24.6 Å². The summed E-state index contributed by atoms with van der Waals surface area (Å²) in [5.74, 6) is -2.67. The minimum Gasteiger partial charge on any atom is -0.465 e. The average Bonchev–Trinajstić information content (AvgIpc) is 2.95. The van der Waals surface area contributed by atoms with E-state index in [1.165, 1.54) is 19.2 Å². The van der Waals surface area contributed by atoms with Crippen molar-refractivity contribution in [3.05, 3.63) is 62.0 Å². The smallest absolute Gasteiger partial charge is 0.348 e. The molecule has 1 aromatic carbocycles. The van der Waals surface area contributed by atoms with Crippen LogP contribution in [0.3, 0.4) is 0 Å². The van der Waals surface area contributed by atoms with E-state index in [9.17, 15) is 18.4 Å². The summed E-state index contributed by atoms with van der Waals surface area (Å²) < 4.78 is 31.8. The number of carbonyl (C=O) groups excluding carboxylic acids is 1. The van der Waals surface area contributed by atoms with Gasteiger partial charge in [0, 0.05) is 5.56 Å². The van der Waals surface area contributed by atoms with Crippen molar-refractivity contribution in [2.24, 2.45) is 0 Å². The number of fused-ring (bicyclic) bond motifs is 1. The highest BCUT2D eigenvalue weighted by Gasteiger charge is 2.20. The second-order valence-electron chi connectivity index (χ2n) is 5.28. The first-order valence-electron chi connectivity index (χ1n) is 7.26. The van der Waals surface area contributed by atoms with Gasteiger partial charge in [-0.3, -0.25) is 4.79 Å². The predicted octanol–water partition coefficient (Wildman–Crippen LogP) is 4.09. The normalized spacial score (nSPS) is 11.8. The maximum Gasteiger partial charge on any atom is 0.348 e. The summed E-state index contributed by atoms with van der Waals surface area (Å²) >= 11 is 7.11. The number of methoxy groups -OCH3 is 1. The van der Waals surface area contributed by atoms with Crippen LogP contribution in [0.15, 0.2) is 23.0 Å². The molecule has 0 radical (unpaired) electrons. The first-order valence-corrected chi connectivity index (χ1v) is 8.46. The van der Waals surface area contributed by atoms with Gasteiger partial charge in [0.1, 0.15) is 9.71 Å². The van der Waals surface area contributed by atoms with Crippen molar-refractivity contribution < 1.29 is 18.3 Å². The molecule has 0 saturated heterocycles. The molecule has 9 heteroatoms. The second-order valence-corrected chi connectivity index (χ2v) is 6.68. The lowest BCUT2D eigenvalue weighted by Crippen LogP contribution is -2.10. The van der Waals surface area contributed by atoms with Crippen LogP contribution in [0, 0.1) is 18.6 Å². The van der Waals surface area contributed by atoms with E-state index in [1.54, 1.807) is 6.92 Å². The van der Waals surface area contributed by atoms with Crippen LogP contribution in [0.1, 0.15) is 26.6 Å². The van der Waals surface area contributed by atoms with Crippen molar-refractivity contribution in [2.75, 3.05) is 7.11 Å². The van der Waals surface area contributed by atoms with Crippen LogP contribution in [0.25, 0.3) is 21.3 Å². The summed E-state index contributed by atoms with van der Waals surface area (Å²) in [5.41, 5.74) is -0.135. The Morgan fingerprint density at radius 2 is 2.12 bits per heavy atom. The molecule has 0 aliphatic rings. The highest BCUT2D eigenvalue weighted by Crippen LogP contribution is 2.29. The van der Waals surface area contributed by atoms with E-state index in [-0.39, 0.29) is 31.5 Å². The Morgan fingerprint density at radius 1 is 1.38 bits per heavy atom. The Morgan fingerprint density at radius 3 is 2.81 bits per heavy atom. The van der Waals surface area contributed by atoms with E-state index in [4.69, 9.17) is 11.6 Å². The van der Waals surface area contributed by atoms with Crippen molar-refractivity contribution in [1.29, 1.82) is 0 Å². The maximum atomic E-state index is 13.8. The number of aromatic nitrogens is 2. The van der Waals surface area contributed by atoms with Gasteiger partial charge < -0.3 is 9.72 Å². The number of thiophene rings is 1. The third-order valence-electron chi connectivity index (χ3n) is 3.66. The number of rotatable bonds is 3. The van der Waals surface area contributed by atoms with Gasteiger partial charge in [0.05, 0.1) is 17.5 Å². The minimum absolute atomic E-state index is 0.0227. The van der Waals surface area contributed by atoms with Crippen LogP contribution >= 0.6 is 22.9 Å². The van der Waals surface area contributed by atoms with Crippen LogP contribution < -0.4 is 5.56 Å². The summed E-state index contributed by atoms with van der Waals surface area (Å²) in [4.78, 5) is 31.4. The fourth-order valence-corrected chi connectivity index (χ4v) is 3.69. The lowest BCUT2D eigenvalue weighted by atomic mass is 10.2. The molecule has 26 heavy (non-hydrogen) atoms. The Balaban J connectivity index is 2.14. The van der Waals surface area contributed by atoms with Crippen LogP contribution in [0.5, 0.6) is 0 Å². The van der Waals surface area contributed by atoms with Crippen molar-refractivity contribution in [3.63, 3.8) is 0 Å². The molecule has 1 N–H and O–H groups in total. The first-order chi connectivity index (χ1) is 12.3. The van der Waals surface area contributed by atoms with Gasteiger partial charge in [-0.25, -0.2) is 18.6 Å². The lowest BCUT2D eigenvalue weighted by molar-refractivity contribution is 0.0605. The van der Waals surface area contributed by atoms with Crippen LogP contribution in [0.2, 0.25) is 0 Å². The fourth-order valence-electron chi connectivity index (χ4n) is 2.38. The van der Waals surface area contributed by atoms with E-state index in [1.807, 2.05) is 0 Å². The molecule has 0 bridgehead atoms. The fraction of sp³-hybridized carbons (Fsp3) is 0.118. The van der Waals surface area contributed by atoms with Crippen molar-refractivity contribution >= 4 is 50.2 Å². The summed E-state index contributed by atoms with van der Waals surface area (Å²) in [6.45, 7) is 1.61. The van der Waals surface area contributed by atoms with Crippen molar-refractivity contribution in [2.45, 2.75) is 6.92 Å². The van der Waals surface area contributed by atoms with Gasteiger partial charge >= 0.3 is 5.97 Å². The monoisotopic (exact) mass is 396 g/mol. The van der Waals surface area contributed by atoms with Crippen LogP contribution in [-0.2, 0) is 4.74 Å². The Labute approximate surface area is 154 Å². The maximum absolute atomic E-state index is 13.8. The zero-order valence-corrected chi connectivity index (χ0v) is 15.1. The molecule has 0 saturated carbocycles. The highest BCUT2D eigenvalue weighted by molar-refractivity contribution is 7.20. The van der Waals surface area contributed by atoms with Gasteiger partial charge in [0.15, 0.2) is 17.5 Å². The number of hydrogen-bond donors (Lipinski definition) is 1. The highest BCUT2D eigenvalue weighted by atomic mass is 35.5. The first kappa shape index (κ1) is 18.2. The van der Waals surface area contributed by atoms with E-state index < -0.39 is 23.2 Å². The number of aryl methyl sites for hydroxylation is 1.